The molecule has 132 valence electrons. The molecule has 7 heteroatoms. The number of piperazine rings is 1. The third kappa shape index (κ3) is 5.47. The van der Waals surface area contributed by atoms with Crippen molar-refractivity contribution < 1.29 is 9.59 Å². The Bertz CT molecular complexity index is 556. The highest BCUT2D eigenvalue weighted by atomic mass is 35.5. The van der Waals surface area contributed by atoms with Crippen LogP contribution in [0.3, 0.4) is 0 Å². The van der Waals surface area contributed by atoms with E-state index in [1.54, 1.807) is 17.0 Å². The third-order valence-electron chi connectivity index (χ3n) is 4.11. The van der Waals surface area contributed by atoms with Gasteiger partial charge in [0.1, 0.15) is 0 Å². The average molecular weight is 353 g/mol. The molecule has 0 aromatic heterocycles. The molecule has 1 aromatic carbocycles. The van der Waals surface area contributed by atoms with E-state index in [4.69, 9.17) is 17.3 Å². The molecule has 2 amide bonds. The molecule has 6 nitrogen and oxygen atoms in total. The van der Waals surface area contributed by atoms with Gasteiger partial charge < -0.3 is 16.0 Å². The highest BCUT2D eigenvalue weighted by Gasteiger charge is 2.26. The van der Waals surface area contributed by atoms with Gasteiger partial charge in [-0.2, -0.15) is 0 Å². The molecule has 1 aliphatic heterocycles. The summed E-state index contributed by atoms with van der Waals surface area (Å²) < 4.78 is 0. The number of nitrogens with two attached hydrogens (primary N) is 1. The number of amides is 2. The fourth-order valence-corrected chi connectivity index (χ4v) is 2.90. The van der Waals surface area contributed by atoms with Crippen LogP contribution in [0.4, 0.5) is 0 Å². The lowest BCUT2D eigenvalue weighted by Crippen LogP contribution is -2.54. The Morgan fingerprint density at radius 3 is 2.42 bits per heavy atom. The first kappa shape index (κ1) is 18.7. The molecule has 3 N–H and O–H groups in total. The summed E-state index contributed by atoms with van der Waals surface area (Å²) in [4.78, 5) is 27.9. The molecular formula is C17H25ClN4O2. The molecule has 0 unspecified atom stereocenters. The minimum absolute atomic E-state index is 0.0247. The first-order chi connectivity index (χ1) is 11.5. The fourth-order valence-electron chi connectivity index (χ4n) is 2.78. The summed E-state index contributed by atoms with van der Waals surface area (Å²) in [6.45, 7) is 5.51. The van der Waals surface area contributed by atoms with E-state index in [1.807, 2.05) is 19.1 Å². The van der Waals surface area contributed by atoms with Crippen LogP contribution in [0.1, 0.15) is 12.5 Å². The van der Waals surface area contributed by atoms with E-state index in [-0.39, 0.29) is 11.8 Å². The standard InChI is InChI=1S/C17H25ClN4O2/c1-2-20-16(23)12-21-7-9-22(10-8-21)17(24)15(19)11-13-3-5-14(18)6-4-13/h3-6,15H,2,7-12,19H2,1H3,(H,20,23)/t15-/m1/s1. The van der Waals surface area contributed by atoms with Crippen molar-refractivity contribution in [1.82, 2.24) is 15.1 Å². The normalized spacial score (nSPS) is 16.7. The summed E-state index contributed by atoms with van der Waals surface area (Å²) in [6, 6.07) is 6.82. The van der Waals surface area contributed by atoms with Crippen LogP contribution in [-0.2, 0) is 16.0 Å². The average Bonchev–Trinajstić information content (AvgIpc) is 2.57. The number of benzene rings is 1. The fraction of sp³-hybridized carbons (Fsp3) is 0.529. The molecule has 0 radical (unpaired) electrons. The Morgan fingerprint density at radius 1 is 1.21 bits per heavy atom. The second-order valence-corrected chi connectivity index (χ2v) is 6.43. The quantitative estimate of drug-likeness (QED) is 0.781. The van der Waals surface area contributed by atoms with Crippen LogP contribution >= 0.6 is 11.6 Å². The maximum absolute atomic E-state index is 12.5. The van der Waals surface area contributed by atoms with Gasteiger partial charge in [0, 0.05) is 37.7 Å². The number of carbonyl (C=O) groups excluding carboxylic acids is 2. The van der Waals surface area contributed by atoms with Crippen LogP contribution in [0.15, 0.2) is 24.3 Å². The largest absolute Gasteiger partial charge is 0.355 e. The predicted molar refractivity (Wildman–Crippen MR) is 94.8 cm³/mol. The van der Waals surface area contributed by atoms with Gasteiger partial charge in [-0.05, 0) is 31.0 Å². The number of nitrogens with zero attached hydrogens (tertiary/aromatic N) is 2. The Morgan fingerprint density at radius 2 is 1.83 bits per heavy atom. The summed E-state index contributed by atoms with van der Waals surface area (Å²) in [7, 11) is 0. The zero-order valence-electron chi connectivity index (χ0n) is 14.0. The van der Waals surface area contributed by atoms with Gasteiger partial charge in [-0.15, -0.1) is 0 Å². The van der Waals surface area contributed by atoms with Crippen LogP contribution in [-0.4, -0.2) is 66.9 Å². The number of carbonyl (C=O) groups is 2. The van der Waals surface area contributed by atoms with E-state index in [0.717, 1.165) is 5.56 Å². The van der Waals surface area contributed by atoms with Gasteiger partial charge in [0.15, 0.2) is 0 Å². The van der Waals surface area contributed by atoms with Crippen LogP contribution < -0.4 is 11.1 Å². The van der Waals surface area contributed by atoms with Gasteiger partial charge in [-0.1, -0.05) is 23.7 Å². The summed E-state index contributed by atoms with van der Waals surface area (Å²) in [5.74, 6) is -0.0145. The third-order valence-corrected chi connectivity index (χ3v) is 4.36. The van der Waals surface area contributed by atoms with Crippen LogP contribution in [0.25, 0.3) is 0 Å². The lowest BCUT2D eigenvalue weighted by Gasteiger charge is -2.35. The van der Waals surface area contributed by atoms with E-state index < -0.39 is 6.04 Å². The summed E-state index contributed by atoms with van der Waals surface area (Å²) in [5, 5.41) is 3.45. The highest BCUT2D eigenvalue weighted by Crippen LogP contribution is 2.12. The zero-order chi connectivity index (χ0) is 17.5. The van der Waals surface area contributed by atoms with Crippen molar-refractivity contribution >= 4 is 23.4 Å². The molecule has 1 saturated heterocycles. The molecule has 24 heavy (non-hydrogen) atoms. The second-order valence-electron chi connectivity index (χ2n) is 5.99. The predicted octanol–water partition coefficient (Wildman–Crippen LogP) is 0.490. The molecule has 1 aromatic rings. The van der Waals surface area contributed by atoms with Gasteiger partial charge in [-0.3, -0.25) is 14.5 Å². The Balaban J connectivity index is 1.79. The van der Waals surface area contributed by atoms with Gasteiger partial charge in [0.2, 0.25) is 11.8 Å². The molecule has 0 bridgehead atoms. The maximum atomic E-state index is 12.5. The SMILES string of the molecule is CCNC(=O)CN1CCN(C(=O)[C@H](N)Cc2ccc(Cl)cc2)CC1. The lowest BCUT2D eigenvalue weighted by molar-refractivity contribution is -0.134. The number of hydrogen-bond donors (Lipinski definition) is 2. The summed E-state index contributed by atoms with van der Waals surface area (Å²) in [6.07, 6.45) is 0.495. The maximum Gasteiger partial charge on any atom is 0.239 e. The minimum atomic E-state index is -0.555. The monoisotopic (exact) mass is 352 g/mol. The smallest absolute Gasteiger partial charge is 0.239 e. The van der Waals surface area contributed by atoms with Gasteiger partial charge in [-0.25, -0.2) is 0 Å². The van der Waals surface area contributed by atoms with Crippen molar-refractivity contribution in [3.63, 3.8) is 0 Å². The van der Waals surface area contributed by atoms with Gasteiger partial charge >= 0.3 is 0 Å². The van der Waals surface area contributed by atoms with Crippen molar-refractivity contribution in [3.8, 4) is 0 Å². The Hall–Kier alpha value is -1.63. The number of hydrogen-bond acceptors (Lipinski definition) is 4. The summed E-state index contributed by atoms with van der Waals surface area (Å²) >= 11 is 5.86. The molecule has 0 spiro atoms. The Labute approximate surface area is 147 Å². The van der Waals surface area contributed by atoms with Gasteiger partial charge in [0.05, 0.1) is 12.6 Å². The topological polar surface area (TPSA) is 78.7 Å². The van der Waals surface area contributed by atoms with Crippen molar-refractivity contribution in [2.24, 2.45) is 5.73 Å². The number of likely N-dealkylation sites (N-methyl/N-ethyl adjacent to an activating group) is 1. The molecule has 1 atom stereocenters. The summed E-state index contributed by atoms with van der Waals surface area (Å²) in [5.41, 5.74) is 7.07. The molecule has 1 fully saturated rings. The first-order valence-corrected chi connectivity index (χ1v) is 8.65. The lowest BCUT2D eigenvalue weighted by atomic mass is 10.1. The van der Waals surface area contributed by atoms with E-state index in [9.17, 15) is 9.59 Å². The molecule has 1 aliphatic rings. The minimum Gasteiger partial charge on any atom is -0.355 e. The van der Waals surface area contributed by atoms with Crippen LogP contribution in [0.5, 0.6) is 0 Å². The molecule has 1 heterocycles. The molecular weight excluding hydrogens is 328 g/mol. The molecule has 2 rings (SSSR count). The first-order valence-electron chi connectivity index (χ1n) is 8.27. The van der Waals surface area contributed by atoms with E-state index in [1.165, 1.54) is 0 Å². The van der Waals surface area contributed by atoms with E-state index in [0.29, 0.717) is 50.7 Å². The van der Waals surface area contributed by atoms with Crippen molar-refractivity contribution in [1.29, 1.82) is 0 Å². The molecule has 0 saturated carbocycles. The van der Waals surface area contributed by atoms with Crippen LogP contribution in [0, 0.1) is 0 Å². The van der Waals surface area contributed by atoms with Crippen molar-refractivity contribution in [2.45, 2.75) is 19.4 Å². The second kappa shape index (κ2) is 9.01. The van der Waals surface area contributed by atoms with Crippen molar-refractivity contribution in [3.05, 3.63) is 34.9 Å². The van der Waals surface area contributed by atoms with Crippen LogP contribution in [0.2, 0.25) is 5.02 Å². The Kier molecular flexibility index (Phi) is 7.02. The molecule has 0 aliphatic carbocycles. The highest BCUT2D eigenvalue weighted by molar-refractivity contribution is 6.30. The van der Waals surface area contributed by atoms with Crippen molar-refractivity contribution in [2.75, 3.05) is 39.3 Å². The zero-order valence-corrected chi connectivity index (χ0v) is 14.8. The number of nitrogens with one attached hydrogen (secondary N) is 1. The van der Waals surface area contributed by atoms with E-state index >= 15 is 0 Å². The van der Waals surface area contributed by atoms with Gasteiger partial charge in [0.25, 0.3) is 0 Å². The number of rotatable bonds is 6. The number of halogens is 1. The van der Waals surface area contributed by atoms with E-state index in [2.05, 4.69) is 10.2 Å².